The Bertz CT molecular complexity index is 570. The van der Waals surface area contributed by atoms with Crippen LogP contribution in [0.4, 0.5) is 0 Å². The first kappa shape index (κ1) is 14.5. The van der Waals surface area contributed by atoms with Crippen LogP contribution in [0.15, 0.2) is 41.3 Å². The van der Waals surface area contributed by atoms with Crippen molar-refractivity contribution in [3.63, 3.8) is 0 Å². The van der Waals surface area contributed by atoms with Crippen LogP contribution in [0.2, 0.25) is 0 Å². The van der Waals surface area contributed by atoms with E-state index in [0.29, 0.717) is 0 Å². The van der Waals surface area contributed by atoms with Gasteiger partial charge in [0.05, 0.1) is 7.11 Å². The molecule has 0 saturated heterocycles. The Labute approximate surface area is 139 Å². The lowest BCUT2D eigenvalue weighted by Gasteiger charge is -2.11. The Balaban J connectivity index is 2.57. The quantitative estimate of drug-likeness (QED) is 0.435. The second-order valence-corrected chi connectivity index (χ2v) is 6.95. The van der Waals surface area contributed by atoms with Crippen LogP contribution < -0.4 is 4.74 Å². The summed E-state index contributed by atoms with van der Waals surface area (Å²) in [6.45, 7) is 0. The van der Waals surface area contributed by atoms with Crippen molar-refractivity contribution in [3.8, 4) is 16.9 Å². The van der Waals surface area contributed by atoms with E-state index in [1.54, 1.807) is 18.9 Å². The van der Waals surface area contributed by atoms with E-state index < -0.39 is 0 Å². The number of ether oxygens (including phenoxy) is 1. The third kappa shape index (κ3) is 3.14. The molecule has 0 radical (unpaired) electrons. The maximum absolute atomic E-state index is 5.25. The zero-order valence-corrected chi connectivity index (χ0v) is 15.2. The third-order valence-electron chi connectivity index (χ3n) is 2.63. The van der Waals surface area contributed by atoms with E-state index >= 15 is 0 Å². The molecule has 0 heterocycles. The highest BCUT2D eigenvalue weighted by molar-refractivity contribution is 14.1. The molecule has 0 aliphatic rings. The summed E-state index contributed by atoms with van der Waals surface area (Å²) in [5.74, 6) is 0.902. The molecule has 0 fully saturated rings. The smallest absolute Gasteiger partial charge is 0.119 e. The Kier molecular flexibility index (Phi) is 5.20. The molecule has 1 nitrogen and oxygen atoms in total. The van der Waals surface area contributed by atoms with Gasteiger partial charge in [-0.3, -0.25) is 0 Å². The molecule has 0 bridgehead atoms. The molecule has 0 atom stereocenters. The maximum Gasteiger partial charge on any atom is 0.119 e. The van der Waals surface area contributed by atoms with Crippen LogP contribution in [0.1, 0.15) is 0 Å². The summed E-state index contributed by atoms with van der Waals surface area (Å²) in [4.78, 5) is 1.30. The minimum atomic E-state index is 0.902. The Morgan fingerprint density at radius 3 is 2.39 bits per heavy atom. The molecule has 0 amide bonds. The standard InChI is InChI=1S/C14H12I2OS/c1-17-10-4-5-11(13(16)8-10)12-7-9(15)3-6-14(12)18-2/h3-8H,1-2H3. The van der Waals surface area contributed by atoms with E-state index in [0.717, 1.165) is 5.75 Å². The van der Waals surface area contributed by atoms with Gasteiger partial charge in [0.15, 0.2) is 0 Å². The summed E-state index contributed by atoms with van der Waals surface area (Å²) in [6.07, 6.45) is 2.11. The molecule has 0 N–H and O–H groups in total. The van der Waals surface area contributed by atoms with Crippen LogP contribution in [0.3, 0.4) is 0 Å². The van der Waals surface area contributed by atoms with Crippen LogP contribution >= 0.6 is 56.9 Å². The van der Waals surface area contributed by atoms with Crippen molar-refractivity contribution < 1.29 is 4.74 Å². The SMILES string of the molecule is COc1ccc(-c2cc(I)ccc2SC)c(I)c1. The summed E-state index contributed by atoms with van der Waals surface area (Å²) in [7, 11) is 1.70. The van der Waals surface area contributed by atoms with Crippen molar-refractivity contribution in [1.29, 1.82) is 0 Å². The molecule has 0 aliphatic carbocycles. The number of methoxy groups -OCH3 is 1. The zero-order valence-electron chi connectivity index (χ0n) is 10.0. The first-order valence-electron chi connectivity index (χ1n) is 5.33. The molecule has 2 aromatic carbocycles. The van der Waals surface area contributed by atoms with Gasteiger partial charge in [0, 0.05) is 12.0 Å². The van der Waals surface area contributed by atoms with Crippen LogP contribution in [0, 0.1) is 7.14 Å². The van der Waals surface area contributed by atoms with Gasteiger partial charge in [0.25, 0.3) is 0 Å². The lowest BCUT2D eigenvalue weighted by atomic mass is 10.1. The summed E-state index contributed by atoms with van der Waals surface area (Å²) >= 11 is 6.50. The van der Waals surface area contributed by atoms with Gasteiger partial charge in [0.1, 0.15) is 5.75 Å². The second kappa shape index (κ2) is 6.47. The van der Waals surface area contributed by atoms with Crippen LogP contribution in [0.25, 0.3) is 11.1 Å². The van der Waals surface area contributed by atoms with Gasteiger partial charge in [-0.25, -0.2) is 0 Å². The third-order valence-corrected chi connectivity index (χ3v) is 4.99. The molecule has 0 spiro atoms. The topological polar surface area (TPSA) is 9.23 Å². The number of hydrogen-bond donors (Lipinski definition) is 0. The van der Waals surface area contributed by atoms with E-state index in [1.807, 2.05) is 6.07 Å². The lowest BCUT2D eigenvalue weighted by molar-refractivity contribution is 0.414. The molecule has 4 heteroatoms. The zero-order chi connectivity index (χ0) is 13.1. The van der Waals surface area contributed by atoms with E-state index in [1.165, 1.54) is 23.2 Å². The fraction of sp³-hybridized carbons (Fsp3) is 0.143. The summed E-state index contributed by atoms with van der Waals surface area (Å²) < 4.78 is 7.72. The van der Waals surface area contributed by atoms with Gasteiger partial charge >= 0.3 is 0 Å². The Morgan fingerprint density at radius 1 is 1.00 bits per heavy atom. The molecule has 94 valence electrons. The monoisotopic (exact) mass is 482 g/mol. The largest absolute Gasteiger partial charge is 0.497 e. The number of thioether (sulfide) groups is 1. The van der Waals surface area contributed by atoms with Crippen molar-refractivity contribution in [2.45, 2.75) is 4.90 Å². The van der Waals surface area contributed by atoms with Crippen molar-refractivity contribution in [3.05, 3.63) is 43.5 Å². The van der Waals surface area contributed by atoms with Gasteiger partial charge in [-0.1, -0.05) is 0 Å². The average molecular weight is 482 g/mol. The molecule has 0 unspecified atom stereocenters. The number of benzene rings is 2. The fourth-order valence-corrected chi connectivity index (χ4v) is 3.59. The van der Waals surface area contributed by atoms with Crippen molar-refractivity contribution in [2.75, 3.05) is 13.4 Å². The maximum atomic E-state index is 5.25. The first-order chi connectivity index (χ1) is 8.65. The molecule has 2 aromatic rings. The van der Waals surface area contributed by atoms with Crippen molar-refractivity contribution in [1.82, 2.24) is 0 Å². The highest BCUT2D eigenvalue weighted by Gasteiger charge is 2.09. The van der Waals surface area contributed by atoms with E-state index in [2.05, 4.69) is 81.8 Å². The van der Waals surface area contributed by atoms with Crippen LogP contribution in [-0.4, -0.2) is 13.4 Å². The Morgan fingerprint density at radius 2 is 1.78 bits per heavy atom. The average Bonchev–Trinajstić information content (AvgIpc) is 2.38. The van der Waals surface area contributed by atoms with Gasteiger partial charge < -0.3 is 4.74 Å². The Hall–Kier alpha value is 0.0500. The summed E-state index contributed by atoms with van der Waals surface area (Å²) in [6, 6.07) is 12.8. The predicted octanol–water partition coefficient (Wildman–Crippen LogP) is 5.29. The van der Waals surface area contributed by atoms with Crippen LogP contribution in [-0.2, 0) is 0 Å². The normalized spacial score (nSPS) is 10.4. The lowest BCUT2D eigenvalue weighted by Crippen LogP contribution is -1.89. The molecule has 0 aliphatic heterocycles. The molecule has 18 heavy (non-hydrogen) atoms. The van der Waals surface area contributed by atoms with Crippen LogP contribution in [0.5, 0.6) is 5.75 Å². The second-order valence-electron chi connectivity index (χ2n) is 3.69. The van der Waals surface area contributed by atoms with E-state index in [4.69, 9.17) is 4.74 Å². The highest BCUT2D eigenvalue weighted by Crippen LogP contribution is 2.35. The van der Waals surface area contributed by atoms with E-state index in [9.17, 15) is 0 Å². The molecule has 0 saturated carbocycles. The van der Waals surface area contributed by atoms with Gasteiger partial charge in [-0.2, -0.15) is 0 Å². The first-order valence-corrected chi connectivity index (χ1v) is 8.71. The summed E-state index contributed by atoms with van der Waals surface area (Å²) in [5.41, 5.74) is 2.56. The van der Waals surface area contributed by atoms with Crippen molar-refractivity contribution >= 4 is 56.9 Å². The molecular formula is C14H12I2OS. The minimum absolute atomic E-state index is 0.902. The number of rotatable bonds is 3. The van der Waals surface area contributed by atoms with Gasteiger partial charge in [0.2, 0.25) is 0 Å². The molecule has 2 rings (SSSR count). The van der Waals surface area contributed by atoms with Gasteiger partial charge in [-0.05, 0) is 99.0 Å². The molecule has 0 aromatic heterocycles. The number of halogens is 2. The fourth-order valence-electron chi connectivity index (χ4n) is 1.73. The van der Waals surface area contributed by atoms with Gasteiger partial charge in [-0.15, -0.1) is 11.8 Å². The predicted molar refractivity (Wildman–Crippen MR) is 95.6 cm³/mol. The number of hydrogen-bond acceptors (Lipinski definition) is 2. The molecular weight excluding hydrogens is 470 g/mol. The minimum Gasteiger partial charge on any atom is -0.497 e. The highest BCUT2D eigenvalue weighted by atomic mass is 127. The van der Waals surface area contributed by atoms with Crippen molar-refractivity contribution in [2.24, 2.45) is 0 Å². The summed E-state index contributed by atoms with van der Waals surface area (Å²) in [5, 5.41) is 0. The van der Waals surface area contributed by atoms with E-state index in [-0.39, 0.29) is 0 Å².